The summed E-state index contributed by atoms with van der Waals surface area (Å²) in [4.78, 5) is 15.6. The summed E-state index contributed by atoms with van der Waals surface area (Å²) in [5.41, 5.74) is -0.0269. The zero-order valence-corrected chi connectivity index (χ0v) is 12.4. The molecule has 17 heavy (non-hydrogen) atoms. The number of carbonyl (C=O) groups is 1. The molecular weight excluding hydrogens is 256 g/mol. The summed E-state index contributed by atoms with van der Waals surface area (Å²) in [7, 11) is 1.41. The highest BCUT2D eigenvalue weighted by Crippen LogP contribution is 2.30. The summed E-state index contributed by atoms with van der Waals surface area (Å²) in [6.45, 7) is 8.24. The van der Waals surface area contributed by atoms with Crippen LogP contribution < -0.4 is 0 Å². The van der Waals surface area contributed by atoms with Crippen molar-refractivity contribution >= 4 is 29.3 Å². The molecule has 0 saturated carbocycles. The van der Waals surface area contributed by atoms with Crippen molar-refractivity contribution in [3.05, 3.63) is 5.82 Å². The SMILES string of the molecule is COC(=O)CC(C)Sc1nc(C(C)(C)C)ns1. The molecule has 1 rings (SSSR count). The van der Waals surface area contributed by atoms with Crippen molar-refractivity contribution in [2.45, 2.75) is 49.1 Å². The third kappa shape index (κ3) is 4.63. The lowest BCUT2D eigenvalue weighted by atomic mass is 9.96. The number of methoxy groups -OCH3 is 1. The maximum absolute atomic E-state index is 11.1. The number of hydrogen-bond acceptors (Lipinski definition) is 6. The van der Waals surface area contributed by atoms with Gasteiger partial charge in [-0.3, -0.25) is 4.79 Å². The Morgan fingerprint density at radius 3 is 2.65 bits per heavy atom. The molecule has 6 heteroatoms. The van der Waals surface area contributed by atoms with E-state index < -0.39 is 0 Å². The molecule has 1 aromatic heterocycles. The number of ether oxygens (including phenoxy) is 1. The van der Waals surface area contributed by atoms with E-state index in [4.69, 9.17) is 0 Å². The molecule has 0 N–H and O–H groups in total. The van der Waals surface area contributed by atoms with Crippen LogP contribution in [0, 0.1) is 0 Å². The Kier molecular flexibility index (Phi) is 4.94. The standard InChI is InChI=1S/C11H18N2O2S2/c1-7(6-8(14)15-5)16-10-12-9(13-17-10)11(2,3)4/h7H,6H2,1-5H3. The third-order valence-corrected chi connectivity index (χ3v) is 3.95. The molecule has 0 saturated heterocycles. The second-order valence-electron chi connectivity index (χ2n) is 4.84. The fourth-order valence-electron chi connectivity index (χ4n) is 1.09. The van der Waals surface area contributed by atoms with Gasteiger partial charge in [-0.15, -0.1) is 0 Å². The predicted octanol–water partition coefficient (Wildman–Crippen LogP) is 2.88. The van der Waals surface area contributed by atoms with Crippen LogP contribution in [0.4, 0.5) is 0 Å². The molecule has 1 atom stereocenters. The van der Waals surface area contributed by atoms with E-state index in [1.54, 1.807) is 11.8 Å². The zero-order chi connectivity index (χ0) is 13.1. The van der Waals surface area contributed by atoms with E-state index in [9.17, 15) is 4.79 Å². The summed E-state index contributed by atoms with van der Waals surface area (Å²) in [5, 5.41) is 0.156. The van der Waals surface area contributed by atoms with Crippen molar-refractivity contribution in [1.29, 1.82) is 0 Å². The molecule has 0 spiro atoms. The van der Waals surface area contributed by atoms with Crippen molar-refractivity contribution in [1.82, 2.24) is 9.36 Å². The first-order chi connectivity index (χ1) is 7.82. The largest absolute Gasteiger partial charge is 0.469 e. The highest BCUT2D eigenvalue weighted by molar-refractivity contribution is 8.01. The van der Waals surface area contributed by atoms with Gasteiger partial charge in [0.05, 0.1) is 13.5 Å². The Hall–Kier alpha value is -0.620. The second kappa shape index (κ2) is 5.82. The van der Waals surface area contributed by atoms with E-state index in [1.165, 1.54) is 18.6 Å². The quantitative estimate of drug-likeness (QED) is 0.624. The van der Waals surface area contributed by atoms with Gasteiger partial charge in [0.25, 0.3) is 0 Å². The monoisotopic (exact) mass is 274 g/mol. The molecule has 0 aromatic carbocycles. The molecule has 0 fully saturated rings. The van der Waals surface area contributed by atoms with Crippen molar-refractivity contribution in [3.63, 3.8) is 0 Å². The molecule has 0 aliphatic carbocycles. The van der Waals surface area contributed by atoms with Gasteiger partial charge in [-0.2, -0.15) is 4.37 Å². The molecule has 96 valence electrons. The van der Waals surface area contributed by atoms with E-state index in [-0.39, 0.29) is 16.6 Å². The molecule has 1 heterocycles. The van der Waals surface area contributed by atoms with Crippen molar-refractivity contribution in [2.24, 2.45) is 0 Å². The summed E-state index contributed by atoms with van der Waals surface area (Å²) in [6.07, 6.45) is 0.394. The minimum absolute atomic E-state index is 0.0269. The normalized spacial score (nSPS) is 13.5. The van der Waals surface area contributed by atoms with Crippen molar-refractivity contribution in [3.8, 4) is 0 Å². The van der Waals surface area contributed by atoms with Crippen molar-refractivity contribution in [2.75, 3.05) is 7.11 Å². The van der Waals surface area contributed by atoms with E-state index in [0.717, 1.165) is 10.2 Å². The number of hydrogen-bond donors (Lipinski definition) is 0. The first kappa shape index (κ1) is 14.4. The molecule has 4 nitrogen and oxygen atoms in total. The van der Waals surface area contributed by atoms with Crippen LogP contribution in [-0.4, -0.2) is 27.7 Å². The number of aromatic nitrogens is 2. The van der Waals surface area contributed by atoms with Gasteiger partial charge >= 0.3 is 5.97 Å². The summed E-state index contributed by atoms with van der Waals surface area (Å²) < 4.78 is 9.88. The van der Waals surface area contributed by atoms with E-state index in [2.05, 4.69) is 34.9 Å². The first-order valence-electron chi connectivity index (χ1n) is 5.40. The number of nitrogens with zero attached hydrogens (tertiary/aromatic N) is 2. The molecular formula is C11H18N2O2S2. The number of carbonyl (C=O) groups excluding carboxylic acids is 1. The molecule has 0 amide bonds. The summed E-state index contributed by atoms with van der Waals surface area (Å²) >= 11 is 2.96. The van der Waals surface area contributed by atoms with Crippen LogP contribution in [0.3, 0.4) is 0 Å². The number of esters is 1. The lowest BCUT2D eigenvalue weighted by Gasteiger charge is -2.12. The minimum Gasteiger partial charge on any atom is -0.469 e. The lowest BCUT2D eigenvalue weighted by molar-refractivity contribution is -0.140. The Bertz CT molecular complexity index is 385. The fraction of sp³-hybridized carbons (Fsp3) is 0.727. The summed E-state index contributed by atoms with van der Waals surface area (Å²) in [5.74, 6) is 0.667. The Morgan fingerprint density at radius 2 is 2.18 bits per heavy atom. The molecule has 0 bridgehead atoms. The van der Waals surface area contributed by atoms with Crippen LogP contribution in [0.2, 0.25) is 0 Å². The maximum Gasteiger partial charge on any atom is 0.306 e. The third-order valence-electron chi connectivity index (χ3n) is 2.06. The van der Waals surface area contributed by atoms with Crippen LogP contribution in [0.1, 0.15) is 39.9 Å². The van der Waals surface area contributed by atoms with Gasteiger partial charge in [0.2, 0.25) is 0 Å². The topological polar surface area (TPSA) is 52.1 Å². The zero-order valence-electron chi connectivity index (χ0n) is 10.8. The van der Waals surface area contributed by atoms with Crippen molar-refractivity contribution < 1.29 is 9.53 Å². The van der Waals surface area contributed by atoms with Crippen LogP contribution in [0.25, 0.3) is 0 Å². The van der Waals surface area contributed by atoms with Gasteiger partial charge in [0, 0.05) is 10.7 Å². The van der Waals surface area contributed by atoms with Gasteiger partial charge in [-0.1, -0.05) is 39.5 Å². The van der Waals surface area contributed by atoms with Gasteiger partial charge in [-0.05, 0) is 11.5 Å². The van der Waals surface area contributed by atoms with Crippen LogP contribution >= 0.6 is 23.3 Å². The molecule has 0 aliphatic rings. The van der Waals surface area contributed by atoms with E-state index in [0.29, 0.717) is 6.42 Å². The highest BCUT2D eigenvalue weighted by atomic mass is 32.2. The van der Waals surface area contributed by atoms with Crippen LogP contribution in [-0.2, 0) is 14.9 Å². The maximum atomic E-state index is 11.1. The average molecular weight is 274 g/mol. The fourth-order valence-corrected chi connectivity index (χ4v) is 3.18. The van der Waals surface area contributed by atoms with E-state index >= 15 is 0 Å². The lowest BCUT2D eigenvalue weighted by Crippen LogP contribution is -2.13. The number of rotatable bonds is 4. The van der Waals surface area contributed by atoms with Gasteiger partial charge < -0.3 is 4.74 Å². The Balaban J connectivity index is 2.58. The van der Waals surface area contributed by atoms with Gasteiger partial charge in [-0.25, -0.2) is 4.98 Å². The van der Waals surface area contributed by atoms with E-state index in [1.807, 2.05) is 6.92 Å². The van der Waals surface area contributed by atoms with Crippen LogP contribution in [0.5, 0.6) is 0 Å². The smallest absolute Gasteiger partial charge is 0.306 e. The molecule has 1 aromatic rings. The van der Waals surface area contributed by atoms with Gasteiger partial charge in [0.15, 0.2) is 4.34 Å². The first-order valence-corrected chi connectivity index (χ1v) is 7.06. The molecule has 0 radical (unpaired) electrons. The van der Waals surface area contributed by atoms with Gasteiger partial charge in [0.1, 0.15) is 5.82 Å². The Morgan fingerprint density at radius 1 is 1.53 bits per heavy atom. The summed E-state index contributed by atoms with van der Waals surface area (Å²) in [6, 6.07) is 0. The second-order valence-corrected chi connectivity index (χ2v) is 7.28. The molecule has 0 aliphatic heterocycles. The predicted molar refractivity (Wildman–Crippen MR) is 70.6 cm³/mol. The minimum atomic E-state index is -0.189. The average Bonchev–Trinajstić information content (AvgIpc) is 2.65. The molecule has 1 unspecified atom stereocenters. The van der Waals surface area contributed by atoms with Crippen LogP contribution in [0.15, 0.2) is 4.34 Å². The highest BCUT2D eigenvalue weighted by Gasteiger charge is 2.21. The Labute approximate surface area is 110 Å². The number of thioether (sulfide) groups is 1.